The number of benzene rings is 1. The van der Waals surface area contributed by atoms with Crippen molar-refractivity contribution in [2.45, 2.75) is 6.42 Å². The summed E-state index contributed by atoms with van der Waals surface area (Å²) in [6, 6.07) is 3.26. The van der Waals surface area contributed by atoms with Gasteiger partial charge in [0.05, 0.1) is 4.92 Å². The van der Waals surface area contributed by atoms with Crippen molar-refractivity contribution in [1.29, 1.82) is 0 Å². The zero-order valence-corrected chi connectivity index (χ0v) is 8.70. The highest BCUT2D eigenvalue weighted by molar-refractivity contribution is 7.80. The van der Waals surface area contributed by atoms with Crippen molar-refractivity contribution in [2.75, 3.05) is 12.5 Å². The molecule has 1 aromatic rings. The van der Waals surface area contributed by atoms with Crippen molar-refractivity contribution in [1.82, 2.24) is 0 Å². The smallest absolute Gasteiger partial charge is 0.315 e. The van der Waals surface area contributed by atoms with Crippen molar-refractivity contribution in [3.8, 4) is 11.5 Å². The molecule has 6 heteroatoms. The van der Waals surface area contributed by atoms with Gasteiger partial charge in [0.1, 0.15) is 0 Å². The van der Waals surface area contributed by atoms with E-state index in [0.29, 0.717) is 17.9 Å². The summed E-state index contributed by atoms with van der Waals surface area (Å²) in [4.78, 5) is 10.3. The first-order chi connectivity index (χ1) is 7.22. The van der Waals surface area contributed by atoms with Crippen LogP contribution in [0.25, 0.3) is 0 Å². The van der Waals surface area contributed by atoms with Gasteiger partial charge in [0.25, 0.3) is 0 Å². The summed E-state index contributed by atoms with van der Waals surface area (Å²) in [6.45, 7) is 0.0422. The molecule has 0 radical (unpaired) electrons. The van der Waals surface area contributed by atoms with Gasteiger partial charge in [-0.05, 0) is 23.8 Å². The van der Waals surface area contributed by atoms with Crippen LogP contribution in [0.4, 0.5) is 5.69 Å². The second-order valence-electron chi connectivity index (χ2n) is 3.08. The highest BCUT2D eigenvalue weighted by Gasteiger charge is 2.26. The summed E-state index contributed by atoms with van der Waals surface area (Å²) in [6.07, 6.45) is 0.667. The standard InChI is InChI=1S/C9H9NO4S/c11-10(12)7-3-6(1-2-15)4-8-9(7)14-5-13-8/h3-4,15H,1-2,5H2. The van der Waals surface area contributed by atoms with Crippen molar-refractivity contribution in [3.63, 3.8) is 0 Å². The molecule has 80 valence electrons. The fraction of sp³-hybridized carbons (Fsp3) is 0.333. The van der Waals surface area contributed by atoms with Crippen LogP contribution in [0.3, 0.4) is 0 Å². The Morgan fingerprint density at radius 1 is 1.47 bits per heavy atom. The van der Waals surface area contributed by atoms with E-state index in [-0.39, 0.29) is 18.2 Å². The number of thiol groups is 1. The largest absolute Gasteiger partial charge is 0.453 e. The highest BCUT2D eigenvalue weighted by atomic mass is 32.1. The third-order valence-corrected chi connectivity index (χ3v) is 2.33. The summed E-state index contributed by atoms with van der Waals surface area (Å²) in [5.41, 5.74) is 0.794. The maximum atomic E-state index is 10.8. The molecule has 5 nitrogen and oxygen atoms in total. The Hall–Kier alpha value is -1.43. The Bertz CT molecular complexity index is 407. The predicted octanol–water partition coefficient (Wildman–Crippen LogP) is 1.80. The normalized spacial score (nSPS) is 12.9. The Kier molecular flexibility index (Phi) is 2.68. The van der Waals surface area contributed by atoms with Gasteiger partial charge in [-0.25, -0.2) is 0 Å². The molecule has 0 atom stereocenters. The van der Waals surface area contributed by atoms with E-state index in [1.807, 2.05) is 0 Å². The van der Waals surface area contributed by atoms with Crippen LogP contribution in [0.5, 0.6) is 11.5 Å². The Labute approximate surface area is 91.6 Å². The minimum atomic E-state index is -0.463. The van der Waals surface area contributed by atoms with E-state index >= 15 is 0 Å². The van der Waals surface area contributed by atoms with Crippen LogP contribution in [0.1, 0.15) is 5.56 Å². The van der Waals surface area contributed by atoms with E-state index in [1.165, 1.54) is 6.07 Å². The Balaban J connectivity index is 2.47. The molecule has 0 fully saturated rings. The van der Waals surface area contributed by atoms with E-state index in [4.69, 9.17) is 9.47 Å². The molecule has 15 heavy (non-hydrogen) atoms. The molecule has 0 N–H and O–H groups in total. The van der Waals surface area contributed by atoms with Crippen molar-refractivity contribution in [2.24, 2.45) is 0 Å². The van der Waals surface area contributed by atoms with Gasteiger partial charge >= 0.3 is 5.69 Å². The Morgan fingerprint density at radius 3 is 2.93 bits per heavy atom. The fourth-order valence-electron chi connectivity index (χ4n) is 1.46. The first-order valence-corrected chi connectivity index (χ1v) is 5.03. The quantitative estimate of drug-likeness (QED) is 0.486. The Morgan fingerprint density at radius 2 is 2.27 bits per heavy atom. The van der Waals surface area contributed by atoms with Gasteiger partial charge < -0.3 is 9.47 Å². The average molecular weight is 227 g/mol. The molecular formula is C9H9NO4S. The zero-order valence-electron chi connectivity index (χ0n) is 7.80. The number of fused-ring (bicyclic) bond motifs is 1. The van der Waals surface area contributed by atoms with E-state index in [2.05, 4.69) is 12.6 Å². The van der Waals surface area contributed by atoms with Gasteiger partial charge in [0, 0.05) is 6.07 Å². The molecule has 2 rings (SSSR count). The second-order valence-corrected chi connectivity index (χ2v) is 3.53. The number of nitro groups is 1. The lowest BCUT2D eigenvalue weighted by Crippen LogP contribution is -1.95. The minimum Gasteiger partial charge on any atom is -0.453 e. The number of ether oxygens (including phenoxy) is 2. The molecule has 0 aromatic heterocycles. The SMILES string of the molecule is O=[N+]([O-])c1cc(CCS)cc2c1OCO2. The molecule has 0 unspecified atom stereocenters. The molecular weight excluding hydrogens is 218 g/mol. The first-order valence-electron chi connectivity index (χ1n) is 4.40. The van der Waals surface area contributed by atoms with Crippen molar-refractivity contribution < 1.29 is 14.4 Å². The van der Waals surface area contributed by atoms with E-state index in [0.717, 1.165) is 5.56 Å². The minimum absolute atomic E-state index is 0.0400. The van der Waals surface area contributed by atoms with Crippen LogP contribution in [0.2, 0.25) is 0 Å². The lowest BCUT2D eigenvalue weighted by Gasteiger charge is -2.02. The lowest BCUT2D eigenvalue weighted by atomic mass is 10.1. The first kappa shape index (κ1) is 10.1. The van der Waals surface area contributed by atoms with Crippen molar-refractivity contribution in [3.05, 3.63) is 27.8 Å². The van der Waals surface area contributed by atoms with Crippen LogP contribution in [0, 0.1) is 10.1 Å². The van der Waals surface area contributed by atoms with E-state index in [9.17, 15) is 10.1 Å². The maximum Gasteiger partial charge on any atom is 0.315 e. The van der Waals surface area contributed by atoms with Gasteiger partial charge in [-0.3, -0.25) is 10.1 Å². The molecule has 0 aliphatic carbocycles. The van der Waals surface area contributed by atoms with Crippen LogP contribution in [-0.4, -0.2) is 17.5 Å². The fourth-order valence-corrected chi connectivity index (χ4v) is 1.71. The highest BCUT2D eigenvalue weighted by Crippen LogP contribution is 2.41. The third-order valence-electron chi connectivity index (χ3n) is 2.11. The van der Waals surface area contributed by atoms with Gasteiger partial charge in [-0.15, -0.1) is 0 Å². The van der Waals surface area contributed by atoms with Gasteiger partial charge in [-0.1, -0.05) is 0 Å². The topological polar surface area (TPSA) is 61.6 Å². The molecule has 0 saturated carbocycles. The van der Waals surface area contributed by atoms with Crippen LogP contribution < -0.4 is 9.47 Å². The number of rotatable bonds is 3. The molecule has 0 saturated heterocycles. The lowest BCUT2D eigenvalue weighted by molar-refractivity contribution is -0.385. The molecule has 1 aliphatic rings. The van der Waals surface area contributed by atoms with E-state index in [1.54, 1.807) is 6.07 Å². The maximum absolute atomic E-state index is 10.8. The van der Waals surface area contributed by atoms with Gasteiger partial charge in [0.2, 0.25) is 12.5 Å². The number of hydrogen-bond acceptors (Lipinski definition) is 5. The van der Waals surface area contributed by atoms with Gasteiger partial charge in [0.15, 0.2) is 5.75 Å². The summed E-state index contributed by atoms with van der Waals surface area (Å²) in [5.74, 6) is 1.31. The van der Waals surface area contributed by atoms with Crippen LogP contribution >= 0.6 is 12.6 Å². The van der Waals surface area contributed by atoms with Crippen LogP contribution in [0.15, 0.2) is 12.1 Å². The molecule has 1 heterocycles. The van der Waals surface area contributed by atoms with Gasteiger partial charge in [-0.2, -0.15) is 12.6 Å². The van der Waals surface area contributed by atoms with E-state index < -0.39 is 4.92 Å². The molecule has 1 aromatic carbocycles. The summed E-state index contributed by atoms with van der Waals surface area (Å²) < 4.78 is 10.2. The van der Waals surface area contributed by atoms with Crippen molar-refractivity contribution >= 4 is 18.3 Å². The predicted molar refractivity (Wildman–Crippen MR) is 56.8 cm³/mol. The number of hydrogen-bond donors (Lipinski definition) is 1. The zero-order chi connectivity index (χ0) is 10.8. The molecule has 0 bridgehead atoms. The molecule has 1 aliphatic heterocycles. The number of nitro benzene ring substituents is 1. The summed E-state index contributed by atoms with van der Waals surface area (Å²) in [5, 5.41) is 10.8. The average Bonchev–Trinajstić information content (AvgIpc) is 2.64. The molecule has 0 amide bonds. The molecule has 0 spiro atoms. The monoisotopic (exact) mass is 227 g/mol. The van der Waals surface area contributed by atoms with Crippen LogP contribution in [-0.2, 0) is 6.42 Å². The number of nitrogens with zero attached hydrogens (tertiary/aromatic N) is 1. The summed E-state index contributed by atoms with van der Waals surface area (Å²) >= 11 is 4.08. The summed E-state index contributed by atoms with van der Waals surface area (Å²) in [7, 11) is 0. The second kappa shape index (κ2) is 3.98. The third kappa shape index (κ3) is 1.85. The number of aryl methyl sites for hydroxylation is 1.